The van der Waals surface area contributed by atoms with E-state index in [0.717, 1.165) is 0 Å². The van der Waals surface area contributed by atoms with Crippen LogP contribution in [0.25, 0.3) is 0 Å². The van der Waals surface area contributed by atoms with Gasteiger partial charge in [-0.2, -0.15) is 0 Å². The Labute approximate surface area is 377 Å². The average molecular weight is 925 g/mol. The van der Waals surface area contributed by atoms with Crippen LogP contribution < -0.4 is 32.7 Å². The molecule has 24 heteroatoms. The Morgan fingerprint density at radius 3 is 1.74 bits per heavy atom. The topological polar surface area (TPSA) is 364 Å². The lowest BCUT2D eigenvalue weighted by atomic mass is 9.73. The molecule has 0 aromatic heterocycles. The number of ether oxygens (including phenoxy) is 2. The van der Waals surface area contributed by atoms with Gasteiger partial charge in [0.1, 0.15) is 23.2 Å². The van der Waals surface area contributed by atoms with Crippen LogP contribution in [0.3, 0.4) is 0 Å². The zero-order valence-electron chi connectivity index (χ0n) is 37.4. The molecule has 5 atom stereocenters. The van der Waals surface area contributed by atoms with Crippen LogP contribution in [0.5, 0.6) is 5.75 Å². The molecule has 5 unspecified atom stereocenters. The number of phenols is 1. The number of rotatable bonds is 29. The number of nitrogens with two attached hydrogens (primary N) is 2. The van der Waals surface area contributed by atoms with Crippen LogP contribution in [0.15, 0.2) is 23.2 Å². The van der Waals surface area contributed by atoms with E-state index >= 15 is 0 Å². The van der Waals surface area contributed by atoms with Gasteiger partial charge in [-0.25, -0.2) is 20.2 Å². The number of anilines is 1. The number of hydrogen-bond acceptors (Lipinski definition) is 18. The monoisotopic (exact) mass is 924 g/mol. The van der Waals surface area contributed by atoms with Crippen molar-refractivity contribution in [2.24, 2.45) is 16.5 Å². The number of aliphatic hydroxyl groups is 2. The second kappa shape index (κ2) is 25.5. The summed E-state index contributed by atoms with van der Waals surface area (Å²) in [6, 6.07) is 1.60. The summed E-state index contributed by atoms with van der Waals surface area (Å²) in [5.74, 6) is -5.06. The lowest BCUT2D eigenvalue weighted by Crippen LogP contribution is -2.79. The highest BCUT2D eigenvalue weighted by atomic mass is 16.7. The molecule has 0 saturated carbocycles. The number of amidine groups is 1. The van der Waals surface area contributed by atoms with E-state index in [4.69, 9.17) is 20.9 Å². The molecule has 14 N–H and O–H groups in total. The lowest BCUT2D eigenvalue weighted by molar-refractivity contribution is -0.322. The number of aliphatic imine (C=N–C) groups is 1. The minimum atomic E-state index is -2.08. The van der Waals surface area contributed by atoms with E-state index in [1.807, 2.05) is 0 Å². The molecule has 2 heterocycles. The first-order chi connectivity index (χ1) is 30.7. The largest absolute Gasteiger partial charge is 0.508 e. The summed E-state index contributed by atoms with van der Waals surface area (Å²) >= 11 is 0. The molecule has 1 saturated heterocycles. The molecular weight excluding hydrogens is 857 g/mol. The lowest BCUT2D eigenvalue weighted by Gasteiger charge is -2.53. The molecule has 1 aromatic rings. The zero-order valence-corrected chi connectivity index (χ0v) is 37.4. The number of carbonyl (C=O) groups excluding carboxylic acids is 6. The summed E-state index contributed by atoms with van der Waals surface area (Å²) in [4.78, 5) is 76.9. The van der Waals surface area contributed by atoms with Crippen molar-refractivity contribution in [3.63, 3.8) is 0 Å². The molecule has 0 radical (unpaired) electrons. The SMILES string of the molecule is COC12N=C(N)C(C)(O1)C(O)(CO)C(N)C2Nc1cc(O)cc(C(=O)NCCCCCN(O)C(=O)CCC(=O)NCCCCCN(O)C(=O)CCC(=O)NCCCCCN(O)C(C)=O)c1. The van der Waals surface area contributed by atoms with E-state index in [9.17, 15) is 59.7 Å². The van der Waals surface area contributed by atoms with E-state index in [0.29, 0.717) is 86.1 Å². The fraction of sp³-hybridized carbons (Fsp3) is 0.683. The van der Waals surface area contributed by atoms with E-state index in [2.05, 4.69) is 26.3 Å². The normalized spacial score (nSPS) is 22.1. The molecule has 6 amide bonds. The number of aromatic hydroxyl groups is 1. The van der Waals surface area contributed by atoms with Crippen molar-refractivity contribution >= 4 is 47.0 Å². The predicted molar refractivity (Wildman–Crippen MR) is 231 cm³/mol. The first-order valence-electron chi connectivity index (χ1n) is 21.8. The summed E-state index contributed by atoms with van der Waals surface area (Å²) < 4.78 is 11.5. The third-order valence-electron chi connectivity index (χ3n) is 11.4. The van der Waals surface area contributed by atoms with E-state index in [-0.39, 0.29) is 86.5 Å². The highest BCUT2D eigenvalue weighted by Crippen LogP contribution is 2.48. The average Bonchev–Trinajstić information content (AvgIpc) is 3.54. The second-order valence-corrected chi connectivity index (χ2v) is 16.3. The smallest absolute Gasteiger partial charge is 0.294 e. The highest BCUT2D eigenvalue weighted by molar-refractivity contribution is 5.96. The first kappa shape index (κ1) is 54.1. The van der Waals surface area contributed by atoms with Crippen molar-refractivity contribution in [2.45, 2.75) is 127 Å². The van der Waals surface area contributed by atoms with Gasteiger partial charge in [0.2, 0.25) is 29.5 Å². The van der Waals surface area contributed by atoms with Crippen molar-refractivity contribution < 1.29 is 69.2 Å². The van der Waals surface area contributed by atoms with Crippen LogP contribution in [0.4, 0.5) is 5.69 Å². The molecule has 24 nitrogen and oxygen atoms in total. The van der Waals surface area contributed by atoms with E-state index in [1.54, 1.807) is 0 Å². The summed E-state index contributed by atoms with van der Waals surface area (Å²) in [7, 11) is 1.30. The number of carbonyl (C=O) groups is 6. The third-order valence-corrected chi connectivity index (χ3v) is 11.4. The van der Waals surface area contributed by atoms with Crippen LogP contribution >= 0.6 is 0 Å². The summed E-state index contributed by atoms with van der Waals surface area (Å²) in [6.45, 7) is 3.09. The molecule has 1 fully saturated rings. The quantitative estimate of drug-likeness (QED) is 0.0271. The Hall–Kier alpha value is -5.21. The van der Waals surface area contributed by atoms with Crippen molar-refractivity contribution in [1.29, 1.82) is 0 Å². The highest BCUT2D eigenvalue weighted by Gasteiger charge is 2.72. The number of hydrogen-bond donors (Lipinski definition) is 12. The maximum atomic E-state index is 13.0. The van der Waals surface area contributed by atoms with Crippen LogP contribution in [0, 0.1) is 0 Å². The van der Waals surface area contributed by atoms with Gasteiger partial charge in [-0.05, 0) is 76.8 Å². The van der Waals surface area contributed by atoms with Gasteiger partial charge in [-0.1, -0.05) is 0 Å². The number of benzene rings is 1. The van der Waals surface area contributed by atoms with Gasteiger partial charge in [0, 0.05) is 96.3 Å². The Kier molecular flexibility index (Phi) is 21.2. The standard InChI is InChI=1S/C41H68N10O14/c1-27(53)49(61)20-10-4-7-17-44-31(55)13-15-33(57)50(62)21-11-5-8-18-45-32(56)14-16-34(58)51(63)22-12-6-9-19-46-37(59)28-23-29(25-30(54)24-28)47-36-35(42)40(60,26-52)39(2)38(43)48-41(36,64-3)65-39/h23-25,35-36,47,52,54,60-63H,4-22,26,42H2,1-3H3,(H2,43,48)(H,44,55)(H,45,56)(H,46,59). The van der Waals surface area contributed by atoms with Gasteiger partial charge in [-0.15, -0.1) is 0 Å². The van der Waals surface area contributed by atoms with Crippen molar-refractivity contribution in [3.05, 3.63) is 23.8 Å². The van der Waals surface area contributed by atoms with Crippen LogP contribution in [0.1, 0.15) is 108 Å². The Balaban J connectivity index is 1.24. The maximum Gasteiger partial charge on any atom is 0.294 e. The molecule has 3 rings (SSSR count). The summed E-state index contributed by atoms with van der Waals surface area (Å²) in [5, 5.41) is 74.3. The predicted octanol–water partition coefficient (Wildman–Crippen LogP) is -0.610. The number of unbranched alkanes of at least 4 members (excludes halogenated alkanes) is 6. The van der Waals surface area contributed by atoms with Gasteiger partial charge in [0.15, 0.2) is 5.60 Å². The number of phenolic OH excluding ortho intramolecular Hbond substituents is 1. The first-order valence-corrected chi connectivity index (χ1v) is 21.8. The minimum Gasteiger partial charge on any atom is -0.508 e. The van der Waals surface area contributed by atoms with E-state index in [1.165, 1.54) is 39.2 Å². The molecule has 0 spiro atoms. The van der Waals surface area contributed by atoms with Crippen LogP contribution in [-0.2, 0) is 33.4 Å². The maximum absolute atomic E-state index is 13.0. The molecule has 0 aliphatic carbocycles. The van der Waals surface area contributed by atoms with Gasteiger partial charge in [0.25, 0.3) is 11.8 Å². The zero-order chi connectivity index (χ0) is 48.4. The molecule has 2 aliphatic heterocycles. The second-order valence-electron chi connectivity index (χ2n) is 16.3. The number of nitrogens with one attached hydrogen (secondary N) is 4. The van der Waals surface area contributed by atoms with Crippen LogP contribution in [0.2, 0.25) is 0 Å². The van der Waals surface area contributed by atoms with Crippen LogP contribution in [-0.4, -0.2) is 170 Å². The third kappa shape index (κ3) is 15.2. The van der Waals surface area contributed by atoms with E-state index < -0.39 is 59.4 Å². The summed E-state index contributed by atoms with van der Waals surface area (Å²) in [5.41, 5.74) is 9.08. The van der Waals surface area contributed by atoms with Crippen molar-refractivity contribution in [1.82, 2.24) is 31.1 Å². The fourth-order valence-electron chi connectivity index (χ4n) is 7.29. The van der Waals surface area contributed by atoms with Gasteiger partial charge < -0.3 is 57.5 Å². The fourth-order valence-corrected chi connectivity index (χ4v) is 7.29. The molecule has 2 bridgehead atoms. The van der Waals surface area contributed by atoms with Gasteiger partial charge in [0.05, 0.1) is 12.6 Å². The molecule has 65 heavy (non-hydrogen) atoms. The minimum absolute atomic E-state index is 0.0143. The molecule has 2 aliphatic rings. The number of hydroxylamine groups is 6. The van der Waals surface area contributed by atoms with Crippen molar-refractivity contribution in [2.75, 3.05) is 58.3 Å². The Bertz CT molecular complexity index is 1830. The van der Waals surface area contributed by atoms with Gasteiger partial charge >= 0.3 is 0 Å². The number of amides is 6. The molecule has 1 aromatic carbocycles. The number of nitrogens with zero attached hydrogens (tertiary/aromatic N) is 4. The Morgan fingerprint density at radius 2 is 1.26 bits per heavy atom. The molecule has 366 valence electrons. The Morgan fingerprint density at radius 1 is 0.769 bits per heavy atom. The number of methoxy groups -OCH3 is 1. The van der Waals surface area contributed by atoms with Gasteiger partial charge in [-0.3, -0.25) is 44.4 Å². The van der Waals surface area contributed by atoms with Crippen molar-refractivity contribution in [3.8, 4) is 5.75 Å². The number of aliphatic hydroxyl groups excluding tert-OH is 1. The summed E-state index contributed by atoms with van der Waals surface area (Å²) in [6.07, 6.45) is 4.36. The molecular formula is C41H68N10O14. The number of fused-ring (bicyclic) bond motifs is 2.